The average molecular weight is 209 g/mol. The first-order chi connectivity index (χ1) is 7.06. The van der Waals surface area contributed by atoms with E-state index >= 15 is 0 Å². The number of hydrogen-bond donors (Lipinski definition) is 2. The molecule has 0 radical (unpaired) electrons. The highest BCUT2D eigenvalue weighted by atomic mass is 16.5. The van der Waals surface area contributed by atoms with Crippen molar-refractivity contribution < 1.29 is 19.4 Å². The summed E-state index contributed by atoms with van der Waals surface area (Å²) in [6, 6.07) is 4.32. The number of phenolic OH excluding ortho intramolecular Hbond substituents is 1. The maximum atomic E-state index is 11.3. The Bertz CT molecular complexity index is 400. The van der Waals surface area contributed by atoms with Crippen LogP contribution in [-0.2, 0) is 9.53 Å². The molecule has 0 atom stereocenters. The van der Waals surface area contributed by atoms with Gasteiger partial charge in [0.05, 0.1) is 18.4 Å². The van der Waals surface area contributed by atoms with Gasteiger partial charge < -0.3 is 15.2 Å². The van der Waals surface area contributed by atoms with Crippen molar-refractivity contribution in [2.45, 2.75) is 6.92 Å². The summed E-state index contributed by atoms with van der Waals surface area (Å²) in [6.45, 7) is 1.29. The van der Waals surface area contributed by atoms with E-state index in [4.69, 9.17) is 0 Å². The van der Waals surface area contributed by atoms with Crippen LogP contribution in [0.2, 0.25) is 0 Å². The molecule has 1 amide bonds. The van der Waals surface area contributed by atoms with Crippen LogP contribution in [0.5, 0.6) is 5.75 Å². The van der Waals surface area contributed by atoms with Gasteiger partial charge in [0.1, 0.15) is 5.75 Å². The first kappa shape index (κ1) is 11.0. The lowest BCUT2D eigenvalue weighted by molar-refractivity contribution is -0.114. The molecule has 0 aliphatic rings. The molecular weight excluding hydrogens is 198 g/mol. The maximum Gasteiger partial charge on any atom is 0.340 e. The molecule has 0 aliphatic heterocycles. The van der Waals surface area contributed by atoms with Gasteiger partial charge in [0.15, 0.2) is 0 Å². The molecular formula is C10H11NO4. The fraction of sp³-hybridized carbons (Fsp3) is 0.200. The fourth-order valence-electron chi connectivity index (χ4n) is 1.13. The molecule has 0 fully saturated rings. The molecule has 0 bridgehead atoms. The second-order valence-corrected chi connectivity index (χ2v) is 2.87. The molecule has 0 saturated carbocycles. The molecule has 15 heavy (non-hydrogen) atoms. The Kier molecular flexibility index (Phi) is 3.28. The van der Waals surface area contributed by atoms with Crippen LogP contribution in [0.15, 0.2) is 18.2 Å². The van der Waals surface area contributed by atoms with Gasteiger partial charge in [-0.3, -0.25) is 4.79 Å². The van der Waals surface area contributed by atoms with Crippen molar-refractivity contribution in [1.29, 1.82) is 0 Å². The van der Waals surface area contributed by atoms with Gasteiger partial charge in [-0.05, 0) is 12.1 Å². The molecule has 2 N–H and O–H groups in total. The lowest BCUT2D eigenvalue weighted by Gasteiger charge is -2.09. The molecule has 5 heteroatoms. The van der Waals surface area contributed by atoms with Gasteiger partial charge in [-0.2, -0.15) is 0 Å². The first-order valence-electron chi connectivity index (χ1n) is 4.24. The Hall–Kier alpha value is -2.04. The average Bonchev–Trinajstić information content (AvgIpc) is 2.19. The van der Waals surface area contributed by atoms with Crippen LogP contribution in [0.3, 0.4) is 0 Å². The molecule has 1 aromatic carbocycles. The third-order valence-electron chi connectivity index (χ3n) is 1.75. The van der Waals surface area contributed by atoms with E-state index in [1.165, 1.54) is 32.2 Å². The zero-order valence-corrected chi connectivity index (χ0v) is 8.40. The van der Waals surface area contributed by atoms with Crippen molar-refractivity contribution in [3.05, 3.63) is 23.8 Å². The summed E-state index contributed by atoms with van der Waals surface area (Å²) in [7, 11) is 1.23. The molecule has 0 aromatic heterocycles. The van der Waals surface area contributed by atoms with Crippen molar-refractivity contribution in [3.63, 3.8) is 0 Å². The topological polar surface area (TPSA) is 75.6 Å². The number of methoxy groups -OCH3 is 1. The number of carbonyl (C=O) groups excluding carboxylic acids is 2. The molecule has 5 nitrogen and oxygen atoms in total. The van der Waals surface area contributed by atoms with E-state index in [9.17, 15) is 14.7 Å². The number of hydrogen-bond acceptors (Lipinski definition) is 4. The van der Waals surface area contributed by atoms with Crippen LogP contribution in [0.25, 0.3) is 0 Å². The number of amides is 1. The number of rotatable bonds is 2. The van der Waals surface area contributed by atoms with Gasteiger partial charge in [0, 0.05) is 6.92 Å². The maximum absolute atomic E-state index is 11.3. The van der Waals surface area contributed by atoms with Crippen molar-refractivity contribution in [2.75, 3.05) is 12.4 Å². The lowest BCUT2D eigenvalue weighted by Crippen LogP contribution is -2.12. The Morgan fingerprint density at radius 3 is 2.60 bits per heavy atom. The third kappa shape index (κ3) is 2.46. The van der Waals surface area contributed by atoms with E-state index in [1.807, 2.05) is 0 Å². The van der Waals surface area contributed by atoms with Gasteiger partial charge in [0.2, 0.25) is 5.91 Å². The molecule has 0 unspecified atom stereocenters. The minimum absolute atomic E-state index is 0.0665. The molecule has 1 rings (SSSR count). The summed E-state index contributed by atoms with van der Waals surface area (Å²) >= 11 is 0. The van der Waals surface area contributed by atoms with Crippen LogP contribution >= 0.6 is 0 Å². The number of phenols is 1. The van der Waals surface area contributed by atoms with Gasteiger partial charge in [-0.1, -0.05) is 6.07 Å². The number of ether oxygens (including phenoxy) is 1. The van der Waals surface area contributed by atoms with E-state index in [0.717, 1.165) is 0 Å². The van der Waals surface area contributed by atoms with Crippen molar-refractivity contribution in [1.82, 2.24) is 0 Å². The molecule has 0 spiro atoms. The van der Waals surface area contributed by atoms with E-state index in [-0.39, 0.29) is 22.9 Å². The molecule has 0 aliphatic carbocycles. The second-order valence-electron chi connectivity index (χ2n) is 2.87. The summed E-state index contributed by atoms with van der Waals surface area (Å²) in [5.41, 5.74) is 0.185. The summed E-state index contributed by atoms with van der Waals surface area (Å²) in [6.07, 6.45) is 0. The molecule has 80 valence electrons. The van der Waals surface area contributed by atoms with Crippen molar-refractivity contribution >= 4 is 17.6 Å². The SMILES string of the molecule is COC(=O)c1cccc(O)c1NC(C)=O. The predicted molar refractivity (Wildman–Crippen MR) is 53.8 cm³/mol. The zero-order valence-electron chi connectivity index (χ0n) is 8.40. The fourth-order valence-corrected chi connectivity index (χ4v) is 1.13. The Balaban J connectivity index is 3.19. The molecule has 0 saturated heterocycles. The predicted octanol–water partition coefficient (Wildman–Crippen LogP) is 1.14. The largest absolute Gasteiger partial charge is 0.506 e. The summed E-state index contributed by atoms with van der Waals surface area (Å²) in [4.78, 5) is 22.1. The Labute approximate surface area is 86.7 Å². The van der Waals surface area contributed by atoms with E-state index < -0.39 is 5.97 Å². The number of nitrogens with one attached hydrogen (secondary N) is 1. The number of carbonyl (C=O) groups is 2. The van der Waals surface area contributed by atoms with Gasteiger partial charge in [0.25, 0.3) is 0 Å². The highest BCUT2D eigenvalue weighted by Crippen LogP contribution is 2.27. The zero-order chi connectivity index (χ0) is 11.4. The summed E-state index contributed by atoms with van der Waals surface area (Å²) in [5.74, 6) is -1.16. The van der Waals surface area contributed by atoms with Crippen molar-refractivity contribution in [2.24, 2.45) is 0 Å². The van der Waals surface area contributed by atoms with Crippen LogP contribution in [0.4, 0.5) is 5.69 Å². The van der Waals surface area contributed by atoms with Gasteiger partial charge in [-0.25, -0.2) is 4.79 Å². The van der Waals surface area contributed by atoms with Crippen LogP contribution in [0, 0.1) is 0 Å². The minimum atomic E-state index is -0.616. The monoisotopic (exact) mass is 209 g/mol. The minimum Gasteiger partial charge on any atom is -0.506 e. The van der Waals surface area contributed by atoms with Crippen LogP contribution in [0.1, 0.15) is 17.3 Å². The van der Waals surface area contributed by atoms with Crippen LogP contribution < -0.4 is 5.32 Å². The third-order valence-corrected chi connectivity index (χ3v) is 1.75. The van der Waals surface area contributed by atoms with Gasteiger partial charge in [-0.15, -0.1) is 0 Å². The normalized spacial score (nSPS) is 9.47. The second kappa shape index (κ2) is 4.45. The van der Waals surface area contributed by atoms with E-state index in [1.54, 1.807) is 0 Å². The molecule has 1 aromatic rings. The van der Waals surface area contributed by atoms with E-state index in [2.05, 4.69) is 10.1 Å². The summed E-state index contributed by atoms with van der Waals surface area (Å²) in [5, 5.41) is 11.8. The number of anilines is 1. The van der Waals surface area contributed by atoms with Gasteiger partial charge >= 0.3 is 5.97 Å². The smallest absolute Gasteiger partial charge is 0.340 e. The number of aromatic hydroxyl groups is 1. The first-order valence-corrected chi connectivity index (χ1v) is 4.24. The highest BCUT2D eigenvalue weighted by Gasteiger charge is 2.15. The highest BCUT2D eigenvalue weighted by molar-refractivity contribution is 6.02. The lowest BCUT2D eigenvalue weighted by atomic mass is 10.1. The molecule has 0 heterocycles. The van der Waals surface area contributed by atoms with E-state index in [0.29, 0.717) is 0 Å². The standard InChI is InChI=1S/C10H11NO4/c1-6(12)11-9-7(10(14)15-2)4-3-5-8(9)13/h3-5,13H,1-2H3,(H,11,12). The quantitative estimate of drug-likeness (QED) is 0.565. The summed E-state index contributed by atoms with van der Waals surface area (Å²) < 4.78 is 4.51. The Morgan fingerprint density at radius 1 is 1.40 bits per heavy atom. The Morgan fingerprint density at radius 2 is 2.07 bits per heavy atom. The number of esters is 1. The number of para-hydroxylation sites is 1. The van der Waals surface area contributed by atoms with Crippen molar-refractivity contribution in [3.8, 4) is 5.75 Å². The number of benzene rings is 1. The van der Waals surface area contributed by atoms with Crippen LogP contribution in [-0.4, -0.2) is 24.1 Å².